The van der Waals surface area contributed by atoms with Crippen LogP contribution in [0.1, 0.15) is 19.5 Å². The second-order valence-electron chi connectivity index (χ2n) is 3.17. The van der Waals surface area contributed by atoms with Gasteiger partial charge in [0.05, 0.1) is 10.0 Å². The molecule has 0 amide bonds. The van der Waals surface area contributed by atoms with E-state index in [4.69, 9.17) is 28.5 Å². The Morgan fingerprint density at radius 3 is 2.28 bits per heavy atom. The molecule has 1 aromatic carbocycles. The highest BCUT2D eigenvalue weighted by molar-refractivity contribution is 6.42. The van der Waals surface area contributed by atoms with Gasteiger partial charge in [0.15, 0.2) is 0 Å². The highest BCUT2D eigenvalue weighted by atomic mass is 35.5. The van der Waals surface area contributed by atoms with E-state index < -0.39 is 0 Å². The molecule has 2 nitrogen and oxygen atoms in total. The van der Waals surface area contributed by atoms with Crippen molar-refractivity contribution in [1.29, 1.82) is 5.26 Å². The highest BCUT2D eigenvalue weighted by Gasteiger charge is 2.03. The van der Waals surface area contributed by atoms with Crippen molar-refractivity contribution in [2.45, 2.75) is 13.8 Å². The van der Waals surface area contributed by atoms with Gasteiger partial charge in [-0.25, -0.2) is 4.98 Å². The van der Waals surface area contributed by atoms with Crippen LogP contribution < -0.4 is 0 Å². The third-order valence-corrected chi connectivity index (χ3v) is 2.87. The number of halogens is 2. The summed E-state index contributed by atoms with van der Waals surface area (Å²) in [5.74, 6) is 0. The molecular weight excluding hydrogens is 267 g/mol. The van der Waals surface area contributed by atoms with Gasteiger partial charge in [0.1, 0.15) is 11.8 Å². The van der Waals surface area contributed by atoms with Gasteiger partial charge in [-0.2, -0.15) is 5.26 Å². The van der Waals surface area contributed by atoms with Crippen molar-refractivity contribution < 1.29 is 0 Å². The molecule has 0 aliphatic rings. The van der Waals surface area contributed by atoms with E-state index in [0.717, 1.165) is 11.1 Å². The minimum Gasteiger partial charge on any atom is -0.246 e. The molecule has 0 aliphatic heterocycles. The molecule has 1 heterocycles. The molecule has 0 bridgehead atoms. The lowest BCUT2D eigenvalue weighted by atomic mass is 10.1. The van der Waals surface area contributed by atoms with E-state index in [1.165, 1.54) is 0 Å². The van der Waals surface area contributed by atoms with Gasteiger partial charge in [-0.05, 0) is 35.4 Å². The molecule has 0 atom stereocenters. The van der Waals surface area contributed by atoms with Crippen LogP contribution in [0.15, 0.2) is 36.5 Å². The van der Waals surface area contributed by atoms with Crippen LogP contribution in [-0.4, -0.2) is 4.98 Å². The molecule has 0 unspecified atom stereocenters. The number of benzene rings is 1. The fraction of sp³-hybridized carbons (Fsp3) is 0.143. The summed E-state index contributed by atoms with van der Waals surface area (Å²) in [5.41, 5.74) is 2.18. The molecule has 18 heavy (non-hydrogen) atoms. The first-order valence-corrected chi connectivity index (χ1v) is 6.28. The number of nitrogens with zero attached hydrogens (tertiary/aromatic N) is 2. The highest BCUT2D eigenvalue weighted by Crippen LogP contribution is 2.28. The SMILES string of the molecule is CC.N#Cc1cc(-c2ccc(Cl)c(Cl)c2)ccn1. The van der Waals surface area contributed by atoms with Crippen LogP contribution in [0.4, 0.5) is 0 Å². The molecule has 0 saturated carbocycles. The zero-order valence-electron chi connectivity index (χ0n) is 10.1. The number of rotatable bonds is 1. The smallest absolute Gasteiger partial charge is 0.141 e. The van der Waals surface area contributed by atoms with E-state index in [9.17, 15) is 0 Å². The van der Waals surface area contributed by atoms with Gasteiger partial charge in [-0.3, -0.25) is 0 Å². The van der Waals surface area contributed by atoms with Crippen molar-refractivity contribution in [3.8, 4) is 17.2 Å². The largest absolute Gasteiger partial charge is 0.246 e. The van der Waals surface area contributed by atoms with Crippen molar-refractivity contribution in [2.75, 3.05) is 0 Å². The van der Waals surface area contributed by atoms with Crippen LogP contribution in [0.3, 0.4) is 0 Å². The average molecular weight is 279 g/mol. The van der Waals surface area contributed by atoms with Gasteiger partial charge in [-0.15, -0.1) is 0 Å². The summed E-state index contributed by atoms with van der Waals surface area (Å²) in [6.07, 6.45) is 1.59. The number of hydrogen-bond donors (Lipinski definition) is 0. The van der Waals surface area contributed by atoms with Crippen molar-refractivity contribution >= 4 is 23.2 Å². The maximum atomic E-state index is 8.75. The first kappa shape index (κ1) is 14.5. The van der Waals surface area contributed by atoms with E-state index in [1.807, 2.05) is 32.0 Å². The molecule has 0 fully saturated rings. The Hall–Kier alpha value is -1.56. The van der Waals surface area contributed by atoms with Crippen molar-refractivity contribution in [3.63, 3.8) is 0 Å². The van der Waals surface area contributed by atoms with Gasteiger partial charge >= 0.3 is 0 Å². The third-order valence-electron chi connectivity index (χ3n) is 2.13. The zero-order valence-corrected chi connectivity index (χ0v) is 11.6. The predicted octanol–water partition coefficient (Wildman–Crippen LogP) is 4.95. The van der Waals surface area contributed by atoms with Gasteiger partial charge in [0, 0.05) is 6.20 Å². The molecule has 1 aromatic heterocycles. The molecule has 0 spiro atoms. The molecule has 0 saturated heterocycles. The molecular formula is C14H12Cl2N2. The third kappa shape index (κ3) is 3.46. The Morgan fingerprint density at radius 1 is 1.00 bits per heavy atom. The molecule has 4 heteroatoms. The Balaban J connectivity index is 0.000000771. The van der Waals surface area contributed by atoms with Crippen molar-refractivity contribution in [2.24, 2.45) is 0 Å². The maximum absolute atomic E-state index is 8.75. The molecule has 0 radical (unpaired) electrons. The normalized spacial score (nSPS) is 9.06. The Labute approximate surface area is 117 Å². The summed E-state index contributed by atoms with van der Waals surface area (Å²) in [7, 11) is 0. The summed E-state index contributed by atoms with van der Waals surface area (Å²) in [4.78, 5) is 3.90. The van der Waals surface area contributed by atoms with E-state index in [2.05, 4.69) is 4.98 Å². The van der Waals surface area contributed by atoms with Crippen molar-refractivity contribution in [3.05, 3.63) is 52.3 Å². The first-order valence-electron chi connectivity index (χ1n) is 5.52. The molecule has 0 N–H and O–H groups in total. The Morgan fingerprint density at radius 2 is 1.67 bits per heavy atom. The molecule has 2 rings (SSSR count). The summed E-state index contributed by atoms with van der Waals surface area (Å²) in [6, 6.07) is 10.9. The van der Waals surface area contributed by atoms with E-state index in [0.29, 0.717) is 15.7 Å². The maximum Gasteiger partial charge on any atom is 0.141 e. The number of pyridine rings is 1. The number of nitriles is 1. The summed E-state index contributed by atoms with van der Waals surface area (Å²) >= 11 is 11.8. The van der Waals surface area contributed by atoms with E-state index >= 15 is 0 Å². The van der Waals surface area contributed by atoms with Crippen molar-refractivity contribution in [1.82, 2.24) is 4.98 Å². The fourth-order valence-electron chi connectivity index (χ4n) is 1.35. The predicted molar refractivity (Wildman–Crippen MR) is 75.8 cm³/mol. The minimum absolute atomic E-state index is 0.378. The lowest BCUT2D eigenvalue weighted by Gasteiger charge is -2.03. The van der Waals surface area contributed by atoms with E-state index in [1.54, 1.807) is 24.4 Å². The second kappa shape index (κ2) is 7.00. The monoisotopic (exact) mass is 278 g/mol. The lowest BCUT2D eigenvalue weighted by molar-refractivity contribution is 1.26. The zero-order chi connectivity index (χ0) is 13.5. The fourth-order valence-corrected chi connectivity index (χ4v) is 1.65. The molecule has 2 aromatic rings. The van der Waals surface area contributed by atoms with Crippen LogP contribution in [0, 0.1) is 11.3 Å². The number of aromatic nitrogens is 1. The van der Waals surface area contributed by atoms with Crippen LogP contribution in [0.5, 0.6) is 0 Å². The molecule has 92 valence electrons. The average Bonchev–Trinajstić information content (AvgIpc) is 2.44. The molecule has 0 aliphatic carbocycles. The van der Waals surface area contributed by atoms with Crippen LogP contribution in [0.25, 0.3) is 11.1 Å². The van der Waals surface area contributed by atoms with E-state index in [-0.39, 0.29) is 0 Å². The van der Waals surface area contributed by atoms with Gasteiger partial charge in [-0.1, -0.05) is 43.1 Å². The minimum atomic E-state index is 0.378. The van der Waals surface area contributed by atoms with Gasteiger partial charge in [0.25, 0.3) is 0 Å². The lowest BCUT2D eigenvalue weighted by Crippen LogP contribution is -1.84. The van der Waals surface area contributed by atoms with Gasteiger partial charge in [0.2, 0.25) is 0 Å². The van der Waals surface area contributed by atoms with Crippen LogP contribution >= 0.6 is 23.2 Å². The van der Waals surface area contributed by atoms with Crippen LogP contribution in [-0.2, 0) is 0 Å². The summed E-state index contributed by atoms with van der Waals surface area (Å²) in [5, 5.41) is 9.76. The summed E-state index contributed by atoms with van der Waals surface area (Å²) in [6.45, 7) is 4.00. The van der Waals surface area contributed by atoms with Crippen LogP contribution in [0.2, 0.25) is 10.0 Å². The standard InChI is InChI=1S/C12H6Cl2N2.C2H6/c13-11-2-1-8(6-12(11)14)9-3-4-16-10(5-9)7-15;1-2/h1-6H;1-2H3. The van der Waals surface area contributed by atoms with Gasteiger partial charge < -0.3 is 0 Å². The Kier molecular flexibility index (Phi) is 5.64. The summed E-state index contributed by atoms with van der Waals surface area (Å²) < 4.78 is 0. The number of hydrogen-bond acceptors (Lipinski definition) is 2. The topological polar surface area (TPSA) is 36.7 Å². The Bertz CT molecular complexity index is 574. The quantitative estimate of drug-likeness (QED) is 0.740. The second-order valence-corrected chi connectivity index (χ2v) is 3.98. The first-order chi connectivity index (χ1) is 8.70.